The third-order valence-electron chi connectivity index (χ3n) is 2.54. The lowest BCUT2D eigenvalue weighted by Crippen LogP contribution is -2.14. The Labute approximate surface area is 85.3 Å². The maximum absolute atomic E-state index is 11.2. The number of nitrogens with one attached hydrogen (secondary N) is 2. The summed E-state index contributed by atoms with van der Waals surface area (Å²) in [7, 11) is 0. The zero-order valence-electron chi connectivity index (χ0n) is 8.10. The fraction of sp³-hybridized carbons (Fsp3) is 0.444. The molecule has 3 rings (SSSR count). The Balaban J connectivity index is 1.90. The Bertz CT molecular complexity index is 539. The summed E-state index contributed by atoms with van der Waals surface area (Å²) in [6.07, 6.45) is 2.59. The number of hydrogen-bond acceptors (Lipinski definition) is 4. The fourth-order valence-corrected chi connectivity index (χ4v) is 1.47. The molecule has 1 saturated carbocycles. The maximum atomic E-state index is 11.2. The highest BCUT2D eigenvalue weighted by Gasteiger charge is 2.20. The van der Waals surface area contributed by atoms with Crippen LogP contribution in [0.4, 0.5) is 5.82 Å². The van der Waals surface area contributed by atoms with E-state index >= 15 is 0 Å². The molecule has 2 aromatic heterocycles. The van der Waals surface area contributed by atoms with Crippen molar-refractivity contribution in [2.24, 2.45) is 5.92 Å². The third-order valence-corrected chi connectivity index (χ3v) is 2.54. The predicted molar refractivity (Wildman–Crippen MR) is 54.8 cm³/mol. The highest BCUT2D eigenvalue weighted by Crippen LogP contribution is 2.28. The zero-order chi connectivity index (χ0) is 10.3. The van der Waals surface area contributed by atoms with Gasteiger partial charge in [-0.05, 0) is 30.9 Å². The number of hydrogen-bond donors (Lipinski definition) is 2. The van der Waals surface area contributed by atoms with Gasteiger partial charge in [-0.3, -0.25) is 0 Å². The van der Waals surface area contributed by atoms with Gasteiger partial charge in [-0.25, -0.2) is 9.89 Å². The Kier molecular flexibility index (Phi) is 1.74. The van der Waals surface area contributed by atoms with Crippen molar-refractivity contribution >= 4 is 11.5 Å². The monoisotopic (exact) mass is 205 g/mol. The first kappa shape index (κ1) is 8.46. The fourth-order valence-electron chi connectivity index (χ4n) is 1.47. The largest absolute Gasteiger partial charge is 0.368 e. The number of anilines is 1. The van der Waals surface area contributed by atoms with Crippen molar-refractivity contribution in [1.29, 1.82) is 0 Å². The molecule has 6 nitrogen and oxygen atoms in total. The molecule has 0 saturated heterocycles. The van der Waals surface area contributed by atoms with E-state index in [9.17, 15) is 4.79 Å². The second-order valence-electron chi connectivity index (χ2n) is 3.84. The molecule has 0 atom stereocenters. The van der Waals surface area contributed by atoms with Crippen LogP contribution >= 0.6 is 0 Å². The van der Waals surface area contributed by atoms with E-state index in [1.54, 1.807) is 6.07 Å². The SMILES string of the molecule is O=c1[nH]nc2ccc(NCC3CC3)nn12. The van der Waals surface area contributed by atoms with Crippen LogP contribution in [0.25, 0.3) is 5.65 Å². The van der Waals surface area contributed by atoms with E-state index in [4.69, 9.17) is 0 Å². The third kappa shape index (κ3) is 1.58. The van der Waals surface area contributed by atoms with Crippen LogP contribution in [0.3, 0.4) is 0 Å². The van der Waals surface area contributed by atoms with Gasteiger partial charge in [0.15, 0.2) is 5.65 Å². The number of aromatic nitrogens is 4. The summed E-state index contributed by atoms with van der Waals surface area (Å²) in [5.41, 5.74) is 0.233. The molecule has 15 heavy (non-hydrogen) atoms. The van der Waals surface area contributed by atoms with Crippen LogP contribution in [-0.4, -0.2) is 26.4 Å². The summed E-state index contributed by atoms with van der Waals surface area (Å²) in [4.78, 5) is 11.2. The molecule has 0 aromatic carbocycles. The minimum Gasteiger partial charge on any atom is -0.368 e. The molecule has 2 N–H and O–H groups in total. The van der Waals surface area contributed by atoms with Crippen molar-refractivity contribution in [3.05, 3.63) is 22.6 Å². The van der Waals surface area contributed by atoms with Gasteiger partial charge in [0.1, 0.15) is 5.82 Å². The summed E-state index contributed by atoms with van der Waals surface area (Å²) in [5.74, 6) is 1.50. The second kappa shape index (κ2) is 3.08. The summed E-state index contributed by atoms with van der Waals surface area (Å²) >= 11 is 0. The summed E-state index contributed by atoms with van der Waals surface area (Å²) in [6, 6.07) is 3.60. The second-order valence-corrected chi connectivity index (χ2v) is 3.84. The predicted octanol–water partition coefficient (Wildman–Crippen LogP) is 0.239. The van der Waals surface area contributed by atoms with E-state index in [1.165, 1.54) is 17.4 Å². The van der Waals surface area contributed by atoms with E-state index in [2.05, 4.69) is 20.6 Å². The number of nitrogens with zero attached hydrogens (tertiary/aromatic N) is 3. The molecule has 1 fully saturated rings. The first-order valence-electron chi connectivity index (χ1n) is 5.01. The van der Waals surface area contributed by atoms with Gasteiger partial charge in [-0.1, -0.05) is 0 Å². The van der Waals surface area contributed by atoms with E-state index in [-0.39, 0.29) is 5.69 Å². The van der Waals surface area contributed by atoms with Crippen LogP contribution in [0.1, 0.15) is 12.8 Å². The standard InChI is InChI=1S/C9H11N5O/c15-9-12-11-8-4-3-7(13-14(8)9)10-5-6-1-2-6/h3-4,6H,1-2,5H2,(H,10,13)(H,12,15). The Morgan fingerprint density at radius 3 is 3.20 bits per heavy atom. The van der Waals surface area contributed by atoms with Gasteiger partial charge in [0.2, 0.25) is 0 Å². The van der Waals surface area contributed by atoms with Crippen LogP contribution in [0.2, 0.25) is 0 Å². The van der Waals surface area contributed by atoms with Crippen molar-refractivity contribution in [2.45, 2.75) is 12.8 Å². The van der Waals surface area contributed by atoms with Crippen molar-refractivity contribution in [3.8, 4) is 0 Å². The normalized spacial score (nSPS) is 15.7. The number of rotatable bonds is 3. The summed E-state index contributed by atoms with van der Waals surface area (Å²) in [5, 5.41) is 13.5. The van der Waals surface area contributed by atoms with Gasteiger partial charge in [0, 0.05) is 6.54 Å². The van der Waals surface area contributed by atoms with Gasteiger partial charge < -0.3 is 5.32 Å². The van der Waals surface area contributed by atoms with Gasteiger partial charge in [0.05, 0.1) is 0 Å². The average molecular weight is 205 g/mol. The van der Waals surface area contributed by atoms with E-state index in [1.807, 2.05) is 6.07 Å². The summed E-state index contributed by atoms with van der Waals surface area (Å²) < 4.78 is 1.26. The molecule has 1 aliphatic carbocycles. The van der Waals surface area contributed by atoms with Crippen LogP contribution in [0, 0.1) is 5.92 Å². The molecule has 2 heterocycles. The Hall–Kier alpha value is -1.85. The van der Waals surface area contributed by atoms with Crippen LogP contribution < -0.4 is 11.0 Å². The molecule has 0 spiro atoms. The molecule has 78 valence electrons. The highest BCUT2D eigenvalue weighted by molar-refractivity contribution is 5.42. The molecule has 2 aromatic rings. The number of fused-ring (bicyclic) bond motifs is 1. The van der Waals surface area contributed by atoms with E-state index in [0.717, 1.165) is 18.3 Å². The molecule has 0 amide bonds. The average Bonchev–Trinajstić information content (AvgIpc) is 3.02. The molecule has 0 unspecified atom stereocenters. The molecule has 0 bridgehead atoms. The molecule has 0 aliphatic heterocycles. The van der Waals surface area contributed by atoms with Gasteiger partial charge >= 0.3 is 5.69 Å². The van der Waals surface area contributed by atoms with Crippen LogP contribution in [0.5, 0.6) is 0 Å². The molecule has 1 aliphatic rings. The minimum atomic E-state index is -0.305. The van der Waals surface area contributed by atoms with E-state index < -0.39 is 0 Å². The number of H-pyrrole nitrogens is 1. The molecular weight excluding hydrogens is 194 g/mol. The Morgan fingerprint density at radius 2 is 2.40 bits per heavy atom. The molecular formula is C9H11N5O. The molecule has 6 heteroatoms. The van der Waals surface area contributed by atoms with Crippen LogP contribution in [-0.2, 0) is 0 Å². The van der Waals surface area contributed by atoms with Gasteiger partial charge in [0.25, 0.3) is 0 Å². The van der Waals surface area contributed by atoms with Crippen LogP contribution in [0.15, 0.2) is 16.9 Å². The first-order chi connectivity index (χ1) is 7.33. The lowest BCUT2D eigenvalue weighted by Gasteiger charge is -2.02. The lowest BCUT2D eigenvalue weighted by atomic mass is 10.4. The van der Waals surface area contributed by atoms with Gasteiger partial charge in [-0.15, -0.1) is 5.10 Å². The smallest absolute Gasteiger partial charge is 0.364 e. The van der Waals surface area contributed by atoms with Gasteiger partial charge in [-0.2, -0.15) is 9.61 Å². The van der Waals surface area contributed by atoms with Crippen molar-refractivity contribution in [3.63, 3.8) is 0 Å². The number of aromatic amines is 1. The molecule has 0 radical (unpaired) electrons. The van der Waals surface area contributed by atoms with Crippen molar-refractivity contribution in [2.75, 3.05) is 11.9 Å². The highest BCUT2D eigenvalue weighted by atomic mass is 16.2. The topological polar surface area (TPSA) is 75.1 Å². The summed E-state index contributed by atoms with van der Waals surface area (Å²) in [6.45, 7) is 0.936. The first-order valence-corrected chi connectivity index (χ1v) is 5.01. The van der Waals surface area contributed by atoms with Crippen molar-refractivity contribution < 1.29 is 0 Å². The minimum absolute atomic E-state index is 0.305. The zero-order valence-corrected chi connectivity index (χ0v) is 8.10. The quantitative estimate of drug-likeness (QED) is 0.752. The maximum Gasteiger partial charge on any atom is 0.364 e. The lowest BCUT2D eigenvalue weighted by molar-refractivity contribution is 0.844. The Morgan fingerprint density at radius 1 is 1.53 bits per heavy atom. The van der Waals surface area contributed by atoms with E-state index in [0.29, 0.717) is 5.65 Å². The van der Waals surface area contributed by atoms with Crippen molar-refractivity contribution in [1.82, 2.24) is 19.8 Å².